The number of nitrogens with one attached hydrogen (secondary N) is 4. The number of nitrogens with two attached hydrogens (primary N) is 1. The highest BCUT2D eigenvalue weighted by Crippen LogP contribution is 2.36. The number of sulfonamides is 1. The fourth-order valence-electron chi connectivity index (χ4n) is 3.09. The van der Waals surface area contributed by atoms with E-state index in [-0.39, 0.29) is 11.9 Å². The lowest BCUT2D eigenvalue weighted by Crippen LogP contribution is -2.45. The van der Waals surface area contributed by atoms with Gasteiger partial charge in [-0.3, -0.25) is 14.8 Å². The quantitative estimate of drug-likeness (QED) is 0.468. The van der Waals surface area contributed by atoms with E-state index in [1.165, 1.54) is 11.3 Å². The SMILES string of the molecule is CS(=O)(=O)Nc1cccc(-c2cc(C(=O)N[C@H]3CCCNC3)c(NC(N)=O)s2)c1. The Labute approximate surface area is 173 Å². The average Bonchev–Trinajstić information content (AvgIpc) is 3.04. The number of hydrogen-bond acceptors (Lipinski definition) is 6. The summed E-state index contributed by atoms with van der Waals surface area (Å²) in [5.74, 6) is -0.296. The first kappa shape index (κ1) is 21.1. The maximum absolute atomic E-state index is 12.8. The fraction of sp³-hybridized carbons (Fsp3) is 0.333. The minimum absolute atomic E-state index is 0.0170. The maximum Gasteiger partial charge on any atom is 0.317 e. The lowest BCUT2D eigenvalue weighted by atomic mass is 10.1. The Bertz CT molecular complexity index is 1010. The molecule has 11 heteroatoms. The van der Waals surface area contributed by atoms with Gasteiger partial charge in [-0.1, -0.05) is 12.1 Å². The second-order valence-electron chi connectivity index (χ2n) is 6.81. The predicted octanol–water partition coefficient (Wildman–Crippen LogP) is 1.76. The van der Waals surface area contributed by atoms with Gasteiger partial charge in [-0.15, -0.1) is 11.3 Å². The molecule has 2 heterocycles. The van der Waals surface area contributed by atoms with Crippen molar-refractivity contribution in [3.63, 3.8) is 0 Å². The van der Waals surface area contributed by atoms with Crippen LogP contribution in [0.15, 0.2) is 30.3 Å². The second kappa shape index (κ2) is 8.80. The highest BCUT2D eigenvalue weighted by molar-refractivity contribution is 7.92. The minimum Gasteiger partial charge on any atom is -0.351 e. The van der Waals surface area contributed by atoms with Crippen molar-refractivity contribution in [3.05, 3.63) is 35.9 Å². The van der Waals surface area contributed by atoms with Gasteiger partial charge in [0.15, 0.2) is 0 Å². The van der Waals surface area contributed by atoms with E-state index < -0.39 is 16.1 Å². The van der Waals surface area contributed by atoms with E-state index in [2.05, 4.69) is 20.7 Å². The van der Waals surface area contributed by atoms with Crippen LogP contribution in [0.25, 0.3) is 10.4 Å². The van der Waals surface area contributed by atoms with Crippen molar-refractivity contribution in [2.45, 2.75) is 18.9 Å². The number of thiophene rings is 1. The van der Waals surface area contributed by atoms with Crippen LogP contribution in [0.1, 0.15) is 23.2 Å². The monoisotopic (exact) mass is 437 g/mol. The van der Waals surface area contributed by atoms with E-state index in [9.17, 15) is 18.0 Å². The van der Waals surface area contributed by atoms with E-state index in [1.807, 2.05) is 0 Å². The molecule has 1 aliphatic heterocycles. The number of carbonyl (C=O) groups is 2. The third kappa shape index (κ3) is 5.92. The molecule has 29 heavy (non-hydrogen) atoms. The van der Waals surface area contributed by atoms with E-state index >= 15 is 0 Å². The number of primary amides is 1. The zero-order valence-corrected chi connectivity index (χ0v) is 17.5. The van der Waals surface area contributed by atoms with Crippen molar-refractivity contribution in [1.29, 1.82) is 0 Å². The topological polar surface area (TPSA) is 142 Å². The van der Waals surface area contributed by atoms with Crippen LogP contribution < -0.4 is 26.4 Å². The highest BCUT2D eigenvalue weighted by atomic mass is 32.2. The number of carbonyl (C=O) groups excluding carboxylic acids is 2. The summed E-state index contributed by atoms with van der Waals surface area (Å²) in [6.45, 7) is 1.63. The normalized spacial score (nSPS) is 16.8. The Morgan fingerprint density at radius 1 is 1.28 bits per heavy atom. The Kier molecular flexibility index (Phi) is 6.40. The number of anilines is 2. The Morgan fingerprint density at radius 2 is 2.07 bits per heavy atom. The highest BCUT2D eigenvalue weighted by Gasteiger charge is 2.22. The molecular formula is C18H23N5O4S2. The lowest BCUT2D eigenvalue weighted by molar-refractivity contribution is 0.0932. The number of urea groups is 1. The van der Waals surface area contributed by atoms with E-state index in [1.54, 1.807) is 30.3 Å². The van der Waals surface area contributed by atoms with Crippen LogP contribution in [0.3, 0.4) is 0 Å². The van der Waals surface area contributed by atoms with Gasteiger partial charge in [0.2, 0.25) is 10.0 Å². The smallest absolute Gasteiger partial charge is 0.317 e. The summed E-state index contributed by atoms with van der Waals surface area (Å²) < 4.78 is 25.4. The van der Waals surface area contributed by atoms with Crippen molar-refractivity contribution in [2.24, 2.45) is 5.73 Å². The Morgan fingerprint density at radius 3 is 2.72 bits per heavy atom. The first-order valence-corrected chi connectivity index (χ1v) is 11.7. The van der Waals surface area contributed by atoms with Gasteiger partial charge in [0.25, 0.3) is 5.91 Å². The molecule has 1 atom stereocenters. The van der Waals surface area contributed by atoms with Crippen LogP contribution in [0.4, 0.5) is 15.5 Å². The van der Waals surface area contributed by atoms with Gasteiger partial charge in [-0.25, -0.2) is 13.2 Å². The molecule has 3 amide bonds. The summed E-state index contributed by atoms with van der Waals surface area (Å²) in [6.07, 6.45) is 2.93. The number of piperidine rings is 1. The first-order valence-electron chi connectivity index (χ1n) is 9.01. The molecule has 1 saturated heterocycles. The molecule has 1 aromatic heterocycles. The average molecular weight is 438 g/mol. The second-order valence-corrected chi connectivity index (χ2v) is 9.62. The van der Waals surface area contributed by atoms with Gasteiger partial charge in [-0.2, -0.15) is 0 Å². The van der Waals surface area contributed by atoms with Crippen molar-refractivity contribution < 1.29 is 18.0 Å². The van der Waals surface area contributed by atoms with Gasteiger partial charge >= 0.3 is 6.03 Å². The molecule has 0 aliphatic carbocycles. The molecule has 0 saturated carbocycles. The van der Waals surface area contributed by atoms with Crippen LogP contribution in [-0.4, -0.2) is 45.7 Å². The molecular weight excluding hydrogens is 414 g/mol. The number of benzene rings is 1. The van der Waals surface area contributed by atoms with Gasteiger partial charge in [-0.05, 0) is 43.1 Å². The zero-order chi connectivity index (χ0) is 21.0. The summed E-state index contributed by atoms with van der Waals surface area (Å²) in [6, 6.07) is 7.71. The van der Waals surface area contributed by atoms with E-state index in [0.29, 0.717) is 33.2 Å². The summed E-state index contributed by atoms with van der Waals surface area (Å²) >= 11 is 1.19. The van der Waals surface area contributed by atoms with E-state index in [0.717, 1.165) is 25.6 Å². The van der Waals surface area contributed by atoms with E-state index in [4.69, 9.17) is 5.73 Å². The molecule has 156 valence electrons. The molecule has 0 unspecified atom stereocenters. The van der Waals surface area contributed by atoms with Gasteiger partial charge in [0, 0.05) is 23.2 Å². The van der Waals surface area contributed by atoms with Crippen LogP contribution in [0.5, 0.6) is 0 Å². The standard InChI is InChI=1S/C18H23N5O4S2/c1-29(26,27)23-12-5-2-4-11(8-12)15-9-14(17(28-15)22-18(19)25)16(24)21-13-6-3-7-20-10-13/h2,4-5,8-9,13,20,23H,3,6-7,10H2,1H3,(H,21,24)(H3,19,22,25)/t13-/m0/s1. The first-order chi connectivity index (χ1) is 13.7. The van der Waals surface area contributed by atoms with Crippen molar-refractivity contribution >= 4 is 44.0 Å². The fourth-order valence-corrected chi connectivity index (χ4v) is 4.70. The zero-order valence-electron chi connectivity index (χ0n) is 15.8. The number of amides is 3. The molecule has 1 aromatic carbocycles. The molecule has 6 N–H and O–H groups in total. The van der Waals surface area contributed by atoms with Crippen LogP contribution >= 0.6 is 11.3 Å². The van der Waals surface area contributed by atoms with Crippen LogP contribution in [0.2, 0.25) is 0 Å². The summed E-state index contributed by atoms with van der Waals surface area (Å²) in [7, 11) is -3.42. The summed E-state index contributed by atoms with van der Waals surface area (Å²) in [4.78, 5) is 24.9. The lowest BCUT2D eigenvalue weighted by Gasteiger charge is -2.23. The summed E-state index contributed by atoms with van der Waals surface area (Å²) in [5.41, 5.74) is 6.68. The third-order valence-electron chi connectivity index (χ3n) is 4.30. The Balaban J connectivity index is 1.89. The Hall–Kier alpha value is -2.63. The number of rotatable bonds is 6. The van der Waals surface area contributed by atoms with Gasteiger partial charge in [0.1, 0.15) is 5.00 Å². The van der Waals surface area contributed by atoms with Crippen LogP contribution in [-0.2, 0) is 10.0 Å². The molecule has 1 fully saturated rings. The molecule has 0 bridgehead atoms. The molecule has 0 radical (unpaired) electrons. The predicted molar refractivity (Wildman–Crippen MR) is 115 cm³/mol. The molecule has 1 aliphatic rings. The minimum atomic E-state index is -3.42. The van der Waals surface area contributed by atoms with Crippen molar-refractivity contribution in [3.8, 4) is 10.4 Å². The molecule has 3 rings (SSSR count). The van der Waals surface area contributed by atoms with Crippen molar-refractivity contribution in [2.75, 3.05) is 29.4 Å². The third-order valence-corrected chi connectivity index (χ3v) is 6.00. The molecule has 0 spiro atoms. The van der Waals surface area contributed by atoms with Gasteiger partial charge in [0.05, 0.1) is 11.8 Å². The van der Waals surface area contributed by atoms with Gasteiger partial charge < -0.3 is 16.4 Å². The molecule has 2 aromatic rings. The number of hydrogen-bond donors (Lipinski definition) is 5. The summed E-state index contributed by atoms with van der Waals surface area (Å²) in [5, 5.41) is 9.06. The maximum atomic E-state index is 12.8. The molecule has 9 nitrogen and oxygen atoms in total. The van der Waals surface area contributed by atoms with Crippen molar-refractivity contribution in [1.82, 2.24) is 10.6 Å². The largest absolute Gasteiger partial charge is 0.351 e. The van der Waals surface area contributed by atoms with Crippen LogP contribution in [0, 0.1) is 0 Å².